The Hall–Kier alpha value is -2.79. The lowest BCUT2D eigenvalue weighted by Gasteiger charge is -2.08. The highest BCUT2D eigenvalue weighted by atomic mass is 32.2. The van der Waals surface area contributed by atoms with Gasteiger partial charge in [-0.15, -0.1) is 0 Å². The van der Waals surface area contributed by atoms with Gasteiger partial charge in [0.15, 0.2) is 5.17 Å². The Labute approximate surface area is 163 Å². The van der Waals surface area contributed by atoms with Crippen LogP contribution in [0.15, 0.2) is 64.6 Å². The summed E-state index contributed by atoms with van der Waals surface area (Å²) in [6.45, 7) is 6.36. The summed E-state index contributed by atoms with van der Waals surface area (Å²) >= 11 is 1.38. The summed E-state index contributed by atoms with van der Waals surface area (Å²) in [6.07, 6.45) is 4.07. The number of hydrogen-bond donors (Lipinski definition) is 1. The fourth-order valence-electron chi connectivity index (χ4n) is 3.13. The molecule has 0 unspecified atom stereocenters. The number of thioether (sulfide) groups is 1. The molecule has 4 rings (SSSR count). The van der Waals surface area contributed by atoms with Crippen molar-refractivity contribution >= 4 is 45.5 Å². The molecular formula is C22H21N3OS. The van der Waals surface area contributed by atoms with Crippen LogP contribution < -0.4 is 5.32 Å². The van der Waals surface area contributed by atoms with Crippen molar-refractivity contribution < 1.29 is 4.79 Å². The molecule has 5 heteroatoms. The number of amides is 1. The molecule has 1 saturated heterocycles. The molecule has 0 saturated carbocycles. The summed E-state index contributed by atoms with van der Waals surface area (Å²) in [5.41, 5.74) is 4.25. The first-order chi connectivity index (χ1) is 13.0. The van der Waals surface area contributed by atoms with E-state index in [0.717, 1.165) is 16.6 Å². The second kappa shape index (κ2) is 7.08. The summed E-state index contributed by atoms with van der Waals surface area (Å²) in [5, 5.41) is 4.63. The average molecular weight is 375 g/mol. The van der Waals surface area contributed by atoms with Crippen LogP contribution in [0, 0.1) is 6.92 Å². The minimum atomic E-state index is -0.104. The van der Waals surface area contributed by atoms with Crippen LogP contribution in [0.25, 0.3) is 17.0 Å². The van der Waals surface area contributed by atoms with Crippen molar-refractivity contribution in [3.63, 3.8) is 0 Å². The lowest BCUT2D eigenvalue weighted by Crippen LogP contribution is -2.19. The van der Waals surface area contributed by atoms with Crippen LogP contribution >= 0.6 is 11.8 Å². The van der Waals surface area contributed by atoms with E-state index in [0.29, 0.717) is 16.1 Å². The molecule has 3 aromatic rings. The number of nitrogens with one attached hydrogen (secondary N) is 1. The molecule has 4 nitrogen and oxygen atoms in total. The van der Waals surface area contributed by atoms with E-state index in [-0.39, 0.29) is 5.91 Å². The number of benzene rings is 2. The second-order valence-corrected chi connectivity index (χ2v) is 7.95. The summed E-state index contributed by atoms with van der Waals surface area (Å²) < 4.78 is 2.24. The molecule has 27 heavy (non-hydrogen) atoms. The van der Waals surface area contributed by atoms with Crippen LogP contribution in [0.1, 0.15) is 31.0 Å². The Kier molecular flexibility index (Phi) is 4.62. The maximum absolute atomic E-state index is 12.4. The van der Waals surface area contributed by atoms with Crippen LogP contribution in [-0.2, 0) is 4.79 Å². The van der Waals surface area contributed by atoms with Crippen LogP contribution in [-0.4, -0.2) is 15.6 Å². The molecule has 2 aromatic carbocycles. The van der Waals surface area contributed by atoms with Crippen molar-refractivity contribution in [2.45, 2.75) is 26.8 Å². The Balaban J connectivity index is 1.68. The molecule has 0 aliphatic carbocycles. The van der Waals surface area contributed by atoms with Crippen molar-refractivity contribution in [1.82, 2.24) is 9.88 Å². The topological polar surface area (TPSA) is 46.4 Å². The lowest BCUT2D eigenvalue weighted by atomic mass is 10.1. The van der Waals surface area contributed by atoms with Crippen LogP contribution in [0.2, 0.25) is 0 Å². The van der Waals surface area contributed by atoms with Crippen molar-refractivity contribution in [2.75, 3.05) is 0 Å². The number of para-hydroxylation sites is 1. The highest BCUT2D eigenvalue weighted by Gasteiger charge is 2.24. The number of aryl methyl sites for hydroxylation is 1. The molecule has 1 aliphatic rings. The van der Waals surface area contributed by atoms with Gasteiger partial charge < -0.3 is 9.88 Å². The number of rotatable bonds is 3. The number of carbonyl (C=O) groups is 1. The molecule has 0 radical (unpaired) electrons. The van der Waals surface area contributed by atoms with Gasteiger partial charge in [-0.1, -0.05) is 35.9 Å². The number of hydrogen-bond acceptors (Lipinski definition) is 3. The third kappa shape index (κ3) is 3.55. The molecule has 1 fully saturated rings. The van der Waals surface area contributed by atoms with Gasteiger partial charge in [-0.2, -0.15) is 0 Å². The van der Waals surface area contributed by atoms with E-state index in [1.165, 1.54) is 22.8 Å². The Bertz CT molecular complexity index is 1070. The van der Waals surface area contributed by atoms with Gasteiger partial charge in [0.2, 0.25) is 0 Å². The largest absolute Gasteiger partial charge is 0.344 e. The van der Waals surface area contributed by atoms with E-state index in [2.05, 4.69) is 47.1 Å². The summed E-state index contributed by atoms with van der Waals surface area (Å²) in [6, 6.07) is 16.6. The average Bonchev–Trinajstić information content (AvgIpc) is 3.18. The number of carbonyl (C=O) groups excluding carboxylic acids is 1. The summed E-state index contributed by atoms with van der Waals surface area (Å²) in [4.78, 5) is 17.6. The Morgan fingerprint density at radius 1 is 1.11 bits per heavy atom. The van der Waals surface area contributed by atoms with Gasteiger partial charge in [-0.3, -0.25) is 4.79 Å². The first-order valence-electron chi connectivity index (χ1n) is 8.97. The monoisotopic (exact) mass is 375 g/mol. The minimum absolute atomic E-state index is 0.104. The number of nitrogens with zero attached hydrogens (tertiary/aromatic N) is 2. The van der Waals surface area contributed by atoms with Crippen molar-refractivity contribution in [3.05, 3.63) is 70.8 Å². The molecular weight excluding hydrogens is 354 g/mol. The fraction of sp³-hybridized carbons (Fsp3) is 0.182. The maximum atomic E-state index is 12.4. The zero-order valence-corrected chi connectivity index (χ0v) is 16.4. The molecule has 1 aromatic heterocycles. The van der Waals surface area contributed by atoms with E-state index in [4.69, 9.17) is 0 Å². The Morgan fingerprint density at radius 2 is 1.85 bits per heavy atom. The lowest BCUT2D eigenvalue weighted by molar-refractivity contribution is -0.115. The van der Waals surface area contributed by atoms with Crippen molar-refractivity contribution in [2.24, 2.45) is 4.99 Å². The second-order valence-electron chi connectivity index (χ2n) is 6.92. The predicted molar refractivity (Wildman–Crippen MR) is 114 cm³/mol. The third-order valence-corrected chi connectivity index (χ3v) is 5.44. The van der Waals surface area contributed by atoms with Gasteiger partial charge in [0, 0.05) is 28.7 Å². The van der Waals surface area contributed by atoms with Crippen LogP contribution in [0.3, 0.4) is 0 Å². The molecule has 0 spiro atoms. The van der Waals surface area contributed by atoms with E-state index >= 15 is 0 Å². The Morgan fingerprint density at radius 3 is 2.59 bits per heavy atom. The van der Waals surface area contributed by atoms with Gasteiger partial charge >= 0.3 is 0 Å². The van der Waals surface area contributed by atoms with Gasteiger partial charge in [0.1, 0.15) is 0 Å². The zero-order valence-electron chi connectivity index (χ0n) is 15.6. The molecule has 136 valence electrons. The van der Waals surface area contributed by atoms with E-state index < -0.39 is 0 Å². The number of aromatic nitrogens is 1. The van der Waals surface area contributed by atoms with Gasteiger partial charge in [-0.05, 0) is 56.8 Å². The van der Waals surface area contributed by atoms with E-state index in [1.807, 2.05) is 49.4 Å². The van der Waals surface area contributed by atoms with Gasteiger partial charge in [0.05, 0.1) is 10.6 Å². The zero-order chi connectivity index (χ0) is 19.0. The number of amidine groups is 1. The van der Waals surface area contributed by atoms with Crippen molar-refractivity contribution in [1.29, 1.82) is 0 Å². The van der Waals surface area contributed by atoms with Gasteiger partial charge in [0.25, 0.3) is 5.91 Å². The van der Waals surface area contributed by atoms with Crippen LogP contribution in [0.5, 0.6) is 0 Å². The predicted octanol–water partition coefficient (Wildman–Crippen LogP) is 5.42. The number of aliphatic imine (C=N–C) groups is 1. The SMILES string of the molecule is Cc1ccc(N=C2NC(=O)/C(=C\c3cn(C(C)C)c4ccccc34)S2)cc1. The highest BCUT2D eigenvalue weighted by Crippen LogP contribution is 2.32. The normalized spacial score (nSPS) is 17.4. The highest BCUT2D eigenvalue weighted by molar-refractivity contribution is 8.18. The first-order valence-corrected chi connectivity index (χ1v) is 9.79. The molecule has 1 N–H and O–H groups in total. The fourth-order valence-corrected chi connectivity index (χ4v) is 3.97. The standard InChI is InChI=1S/C22H21N3OS/c1-14(2)25-13-16(18-6-4-5-7-19(18)25)12-20-21(26)24-22(27-20)23-17-10-8-15(3)9-11-17/h4-14H,1-3H3,(H,23,24,26)/b20-12+. The van der Waals surface area contributed by atoms with E-state index in [1.54, 1.807) is 0 Å². The first kappa shape index (κ1) is 17.6. The van der Waals surface area contributed by atoms with Gasteiger partial charge in [-0.25, -0.2) is 4.99 Å². The molecule has 1 aliphatic heterocycles. The number of fused-ring (bicyclic) bond motifs is 1. The smallest absolute Gasteiger partial charge is 0.264 e. The molecule has 0 atom stereocenters. The third-order valence-electron chi connectivity index (χ3n) is 4.53. The quantitative estimate of drug-likeness (QED) is 0.621. The summed E-state index contributed by atoms with van der Waals surface area (Å²) in [7, 11) is 0. The van der Waals surface area contributed by atoms with Crippen LogP contribution in [0.4, 0.5) is 5.69 Å². The molecule has 1 amide bonds. The van der Waals surface area contributed by atoms with E-state index in [9.17, 15) is 4.79 Å². The minimum Gasteiger partial charge on any atom is -0.344 e. The van der Waals surface area contributed by atoms with Crippen molar-refractivity contribution in [3.8, 4) is 0 Å². The summed E-state index contributed by atoms with van der Waals surface area (Å²) in [5.74, 6) is -0.104. The maximum Gasteiger partial charge on any atom is 0.264 e. The molecule has 0 bridgehead atoms. The molecule has 2 heterocycles.